The van der Waals surface area contributed by atoms with Gasteiger partial charge in [0, 0.05) is 12.7 Å². The summed E-state index contributed by atoms with van der Waals surface area (Å²) < 4.78 is 5.31. The Balaban J connectivity index is 2.08. The number of rotatable bonds is 1. The van der Waals surface area contributed by atoms with E-state index in [2.05, 4.69) is 15.5 Å². The molecule has 0 spiro atoms. The lowest BCUT2D eigenvalue weighted by Gasteiger charge is -2.22. The molecule has 1 N–H and O–H groups in total. The minimum Gasteiger partial charge on any atom is -0.378 e. The fourth-order valence-electron chi connectivity index (χ4n) is 1.25. The molecule has 0 aromatic carbocycles. The van der Waals surface area contributed by atoms with Crippen LogP contribution in [0.2, 0.25) is 0 Å². The van der Waals surface area contributed by atoms with E-state index in [1.807, 2.05) is 12.1 Å². The highest BCUT2D eigenvalue weighted by Crippen LogP contribution is 2.10. The molecule has 1 unspecified atom stereocenters. The maximum absolute atomic E-state index is 5.31. The SMILES string of the molecule is c1cnnc(C2COCCN2)c1. The molecule has 4 heteroatoms. The van der Waals surface area contributed by atoms with E-state index in [0.29, 0.717) is 6.61 Å². The van der Waals surface area contributed by atoms with Crippen molar-refractivity contribution in [3.05, 3.63) is 24.0 Å². The van der Waals surface area contributed by atoms with Gasteiger partial charge in [0.15, 0.2) is 0 Å². The second kappa shape index (κ2) is 3.60. The zero-order valence-corrected chi connectivity index (χ0v) is 6.73. The van der Waals surface area contributed by atoms with Crippen molar-refractivity contribution in [3.63, 3.8) is 0 Å². The first-order valence-electron chi connectivity index (χ1n) is 4.05. The second-order valence-electron chi connectivity index (χ2n) is 2.73. The van der Waals surface area contributed by atoms with Crippen molar-refractivity contribution in [2.75, 3.05) is 19.8 Å². The summed E-state index contributed by atoms with van der Waals surface area (Å²) in [4.78, 5) is 0. The molecule has 1 aliphatic rings. The van der Waals surface area contributed by atoms with Crippen LogP contribution in [0.25, 0.3) is 0 Å². The Bertz CT molecular complexity index is 233. The average molecular weight is 165 g/mol. The predicted octanol–water partition coefficient (Wildman–Crippen LogP) is 0.137. The third-order valence-electron chi connectivity index (χ3n) is 1.87. The van der Waals surface area contributed by atoms with E-state index in [-0.39, 0.29) is 6.04 Å². The second-order valence-corrected chi connectivity index (χ2v) is 2.73. The first-order chi connectivity index (χ1) is 5.97. The summed E-state index contributed by atoms with van der Waals surface area (Å²) in [5.41, 5.74) is 0.956. The van der Waals surface area contributed by atoms with Gasteiger partial charge < -0.3 is 10.1 Å². The van der Waals surface area contributed by atoms with Gasteiger partial charge in [0.1, 0.15) is 0 Å². The molecule has 1 aromatic heterocycles. The van der Waals surface area contributed by atoms with Gasteiger partial charge in [-0.15, -0.1) is 0 Å². The van der Waals surface area contributed by atoms with Gasteiger partial charge in [-0.25, -0.2) is 0 Å². The standard InChI is InChI=1S/C8H11N3O/c1-2-7(11-10-3-1)8-6-12-5-4-9-8/h1-3,8-9H,4-6H2. The lowest BCUT2D eigenvalue weighted by Crippen LogP contribution is -2.35. The molecule has 0 amide bonds. The molecule has 1 aliphatic heterocycles. The molecular weight excluding hydrogens is 154 g/mol. The summed E-state index contributed by atoms with van der Waals surface area (Å²) in [5, 5.41) is 11.1. The first-order valence-corrected chi connectivity index (χ1v) is 4.05. The maximum atomic E-state index is 5.31. The van der Waals surface area contributed by atoms with Gasteiger partial charge in [0.2, 0.25) is 0 Å². The predicted molar refractivity (Wildman–Crippen MR) is 43.6 cm³/mol. The number of hydrogen-bond acceptors (Lipinski definition) is 4. The topological polar surface area (TPSA) is 47.0 Å². The van der Waals surface area contributed by atoms with E-state index in [4.69, 9.17) is 4.74 Å². The highest BCUT2D eigenvalue weighted by atomic mass is 16.5. The number of ether oxygens (including phenoxy) is 1. The summed E-state index contributed by atoms with van der Waals surface area (Å²) in [6.45, 7) is 2.37. The van der Waals surface area contributed by atoms with Gasteiger partial charge in [-0.2, -0.15) is 10.2 Å². The van der Waals surface area contributed by atoms with Crippen molar-refractivity contribution in [3.8, 4) is 0 Å². The molecule has 0 bridgehead atoms. The Hall–Kier alpha value is -1.00. The van der Waals surface area contributed by atoms with E-state index >= 15 is 0 Å². The molecule has 1 saturated heterocycles. The molecule has 1 atom stereocenters. The number of hydrogen-bond donors (Lipinski definition) is 1. The van der Waals surface area contributed by atoms with Crippen LogP contribution in [-0.4, -0.2) is 30.0 Å². The lowest BCUT2D eigenvalue weighted by atomic mass is 10.2. The lowest BCUT2D eigenvalue weighted by molar-refractivity contribution is 0.0753. The van der Waals surface area contributed by atoms with Crippen LogP contribution in [0, 0.1) is 0 Å². The molecule has 2 heterocycles. The van der Waals surface area contributed by atoms with Crippen LogP contribution in [0.4, 0.5) is 0 Å². The smallest absolute Gasteiger partial charge is 0.0824 e. The van der Waals surface area contributed by atoms with E-state index in [0.717, 1.165) is 18.8 Å². The van der Waals surface area contributed by atoms with Crippen LogP contribution >= 0.6 is 0 Å². The normalized spacial score (nSPS) is 23.8. The van der Waals surface area contributed by atoms with Crippen molar-refractivity contribution in [1.29, 1.82) is 0 Å². The highest BCUT2D eigenvalue weighted by Gasteiger charge is 2.15. The Labute approximate surface area is 71.0 Å². The summed E-state index contributed by atoms with van der Waals surface area (Å²) in [6.07, 6.45) is 1.67. The monoisotopic (exact) mass is 165 g/mol. The molecule has 4 nitrogen and oxygen atoms in total. The number of nitrogens with one attached hydrogen (secondary N) is 1. The number of nitrogens with zero attached hydrogens (tertiary/aromatic N) is 2. The van der Waals surface area contributed by atoms with Gasteiger partial charge in [-0.3, -0.25) is 0 Å². The maximum Gasteiger partial charge on any atom is 0.0824 e. The van der Waals surface area contributed by atoms with Crippen molar-refractivity contribution >= 4 is 0 Å². The molecule has 64 valence electrons. The summed E-state index contributed by atoms with van der Waals surface area (Å²) in [5.74, 6) is 0. The van der Waals surface area contributed by atoms with Crippen LogP contribution in [0.1, 0.15) is 11.7 Å². The zero-order chi connectivity index (χ0) is 8.23. The van der Waals surface area contributed by atoms with Crippen molar-refractivity contribution in [2.24, 2.45) is 0 Å². The van der Waals surface area contributed by atoms with Gasteiger partial charge in [0.25, 0.3) is 0 Å². The van der Waals surface area contributed by atoms with Gasteiger partial charge in [-0.05, 0) is 12.1 Å². The molecule has 0 radical (unpaired) electrons. The Kier molecular flexibility index (Phi) is 2.29. The van der Waals surface area contributed by atoms with Crippen LogP contribution in [0.3, 0.4) is 0 Å². The average Bonchev–Trinajstić information content (AvgIpc) is 2.21. The molecule has 0 aliphatic carbocycles. The molecule has 1 fully saturated rings. The third-order valence-corrected chi connectivity index (χ3v) is 1.87. The Morgan fingerprint density at radius 3 is 3.25 bits per heavy atom. The Morgan fingerprint density at radius 1 is 1.58 bits per heavy atom. The molecule has 2 rings (SSSR count). The first kappa shape index (κ1) is 7.64. The summed E-state index contributed by atoms with van der Waals surface area (Å²) in [7, 11) is 0. The third kappa shape index (κ3) is 1.60. The van der Waals surface area contributed by atoms with Crippen LogP contribution < -0.4 is 5.32 Å². The fraction of sp³-hybridized carbons (Fsp3) is 0.500. The van der Waals surface area contributed by atoms with Gasteiger partial charge >= 0.3 is 0 Å². The minimum atomic E-state index is 0.215. The fourth-order valence-corrected chi connectivity index (χ4v) is 1.25. The Morgan fingerprint density at radius 2 is 2.58 bits per heavy atom. The van der Waals surface area contributed by atoms with Gasteiger partial charge in [-0.1, -0.05) is 0 Å². The number of morpholine rings is 1. The summed E-state index contributed by atoms with van der Waals surface area (Å²) >= 11 is 0. The van der Waals surface area contributed by atoms with E-state index in [9.17, 15) is 0 Å². The van der Waals surface area contributed by atoms with Crippen LogP contribution in [0.15, 0.2) is 18.3 Å². The molecule has 1 aromatic rings. The molecular formula is C8H11N3O. The highest BCUT2D eigenvalue weighted by molar-refractivity contribution is 5.05. The molecule has 12 heavy (non-hydrogen) atoms. The van der Waals surface area contributed by atoms with E-state index < -0.39 is 0 Å². The zero-order valence-electron chi connectivity index (χ0n) is 6.73. The number of aromatic nitrogens is 2. The largest absolute Gasteiger partial charge is 0.378 e. The van der Waals surface area contributed by atoms with Crippen molar-refractivity contribution in [1.82, 2.24) is 15.5 Å². The molecule has 0 saturated carbocycles. The van der Waals surface area contributed by atoms with E-state index in [1.54, 1.807) is 6.20 Å². The van der Waals surface area contributed by atoms with Crippen LogP contribution in [-0.2, 0) is 4.74 Å². The van der Waals surface area contributed by atoms with Crippen molar-refractivity contribution < 1.29 is 4.74 Å². The van der Waals surface area contributed by atoms with Gasteiger partial charge in [0.05, 0.1) is 24.9 Å². The van der Waals surface area contributed by atoms with Crippen molar-refractivity contribution in [2.45, 2.75) is 6.04 Å². The minimum absolute atomic E-state index is 0.215. The summed E-state index contributed by atoms with van der Waals surface area (Å²) in [6, 6.07) is 4.06. The quantitative estimate of drug-likeness (QED) is 0.643. The van der Waals surface area contributed by atoms with Crippen LogP contribution in [0.5, 0.6) is 0 Å². The van der Waals surface area contributed by atoms with E-state index in [1.165, 1.54) is 0 Å².